The SMILES string of the molecule is Cc1ccc(C(=O)CCNC(=O)Nc2ccc(C)nc2)cc1. The Hall–Kier alpha value is -2.69. The van der Waals surface area contributed by atoms with Gasteiger partial charge in [-0.25, -0.2) is 4.79 Å². The molecular formula is C17H19N3O2. The van der Waals surface area contributed by atoms with Crippen molar-refractivity contribution in [3.8, 4) is 0 Å². The van der Waals surface area contributed by atoms with Gasteiger partial charge in [0.2, 0.25) is 0 Å². The Morgan fingerprint density at radius 2 is 1.77 bits per heavy atom. The van der Waals surface area contributed by atoms with Crippen molar-refractivity contribution in [3.63, 3.8) is 0 Å². The molecule has 2 N–H and O–H groups in total. The Balaban J connectivity index is 1.75. The number of ketones is 1. The molecule has 0 saturated heterocycles. The highest BCUT2D eigenvalue weighted by molar-refractivity contribution is 5.96. The Kier molecular flexibility index (Phi) is 5.25. The highest BCUT2D eigenvalue weighted by Gasteiger charge is 2.07. The number of anilines is 1. The third-order valence-corrected chi connectivity index (χ3v) is 3.18. The van der Waals surface area contributed by atoms with Gasteiger partial charge in [0.25, 0.3) is 0 Å². The lowest BCUT2D eigenvalue weighted by Crippen LogP contribution is -2.30. The summed E-state index contributed by atoms with van der Waals surface area (Å²) in [5.41, 5.74) is 3.28. The Labute approximate surface area is 129 Å². The van der Waals surface area contributed by atoms with Crippen LogP contribution in [0.4, 0.5) is 10.5 Å². The van der Waals surface area contributed by atoms with Crippen LogP contribution in [0.25, 0.3) is 0 Å². The molecule has 0 atom stereocenters. The van der Waals surface area contributed by atoms with Gasteiger partial charge in [0.15, 0.2) is 5.78 Å². The monoisotopic (exact) mass is 297 g/mol. The molecule has 1 aromatic heterocycles. The van der Waals surface area contributed by atoms with Crippen molar-refractivity contribution in [1.82, 2.24) is 10.3 Å². The number of amides is 2. The van der Waals surface area contributed by atoms with Crippen LogP contribution in [0.3, 0.4) is 0 Å². The smallest absolute Gasteiger partial charge is 0.319 e. The normalized spacial score (nSPS) is 10.1. The number of aryl methyl sites for hydroxylation is 2. The van der Waals surface area contributed by atoms with Crippen molar-refractivity contribution in [2.75, 3.05) is 11.9 Å². The van der Waals surface area contributed by atoms with E-state index >= 15 is 0 Å². The predicted octanol–water partition coefficient (Wildman–Crippen LogP) is 3.09. The van der Waals surface area contributed by atoms with Crippen LogP contribution in [0.2, 0.25) is 0 Å². The quantitative estimate of drug-likeness (QED) is 0.833. The fourth-order valence-corrected chi connectivity index (χ4v) is 1.89. The first kappa shape index (κ1) is 15.7. The molecule has 2 amide bonds. The van der Waals surface area contributed by atoms with Gasteiger partial charge in [-0.15, -0.1) is 0 Å². The first-order valence-corrected chi connectivity index (χ1v) is 7.12. The van der Waals surface area contributed by atoms with Crippen LogP contribution in [0, 0.1) is 13.8 Å². The van der Waals surface area contributed by atoms with E-state index < -0.39 is 0 Å². The molecule has 5 nitrogen and oxygen atoms in total. The number of hydrogen-bond donors (Lipinski definition) is 2. The summed E-state index contributed by atoms with van der Waals surface area (Å²) >= 11 is 0. The number of aromatic nitrogens is 1. The zero-order valence-corrected chi connectivity index (χ0v) is 12.7. The third kappa shape index (κ3) is 4.70. The number of nitrogens with zero attached hydrogens (tertiary/aromatic N) is 1. The average molecular weight is 297 g/mol. The fourth-order valence-electron chi connectivity index (χ4n) is 1.89. The minimum atomic E-state index is -0.345. The van der Waals surface area contributed by atoms with Crippen molar-refractivity contribution in [3.05, 3.63) is 59.4 Å². The molecular weight excluding hydrogens is 278 g/mol. The van der Waals surface area contributed by atoms with Gasteiger partial charge in [-0.1, -0.05) is 29.8 Å². The number of pyridine rings is 1. The number of rotatable bonds is 5. The van der Waals surface area contributed by atoms with Crippen molar-refractivity contribution < 1.29 is 9.59 Å². The van der Waals surface area contributed by atoms with Crippen LogP contribution in [0.5, 0.6) is 0 Å². The number of nitrogens with one attached hydrogen (secondary N) is 2. The van der Waals surface area contributed by atoms with E-state index in [2.05, 4.69) is 15.6 Å². The molecule has 0 spiro atoms. The van der Waals surface area contributed by atoms with Crippen molar-refractivity contribution >= 4 is 17.5 Å². The second-order valence-electron chi connectivity index (χ2n) is 5.11. The second-order valence-corrected chi connectivity index (χ2v) is 5.11. The molecule has 5 heteroatoms. The summed E-state index contributed by atoms with van der Waals surface area (Å²) in [6, 6.07) is 10.7. The van der Waals surface area contributed by atoms with E-state index in [1.807, 2.05) is 32.0 Å². The van der Waals surface area contributed by atoms with Gasteiger partial charge in [0, 0.05) is 24.2 Å². The molecule has 0 aliphatic heterocycles. The summed E-state index contributed by atoms with van der Waals surface area (Å²) < 4.78 is 0. The summed E-state index contributed by atoms with van der Waals surface area (Å²) in [7, 11) is 0. The molecule has 114 valence electrons. The van der Waals surface area contributed by atoms with Crippen LogP contribution in [0.15, 0.2) is 42.6 Å². The zero-order chi connectivity index (χ0) is 15.9. The van der Waals surface area contributed by atoms with E-state index in [0.717, 1.165) is 11.3 Å². The Morgan fingerprint density at radius 1 is 1.05 bits per heavy atom. The number of carbonyl (C=O) groups is 2. The lowest BCUT2D eigenvalue weighted by Gasteiger charge is -2.07. The zero-order valence-electron chi connectivity index (χ0n) is 12.7. The fraction of sp³-hybridized carbons (Fsp3) is 0.235. The Morgan fingerprint density at radius 3 is 2.41 bits per heavy atom. The molecule has 2 aromatic rings. The highest BCUT2D eigenvalue weighted by Crippen LogP contribution is 2.06. The van der Waals surface area contributed by atoms with Crippen LogP contribution >= 0.6 is 0 Å². The van der Waals surface area contributed by atoms with Gasteiger partial charge >= 0.3 is 6.03 Å². The van der Waals surface area contributed by atoms with Crippen LogP contribution in [-0.4, -0.2) is 23.3 Å². The number of Topliss-reactive ketones (excluding diaryl/α,β-unsaturated/α-hetero) is 1. The van der Waals surface area contributed by atoms with Crippen LogP contribution in [-0.2, 0) is 0 Å². The first-order valence-electron chi connectivity index (χ1n) is 7.12. The van der Waals surface area contributed by atoms with E-state index in [4.69, 9.17) is 0 Å². The van der Waals surface area contributed by atoms with E-state index in [0.29, 0.717) is 11.3 Å². The molecule has 0 radical (unpaired) electrons. The molecule has 0 fully saturated rings. The predicted molar refractivity (Wildman–Crippen MR) is 86.1 cm³/mol. The van der Waals surface area contributed by atoms with Crippen molar-refractivity contribution in [1.29, 1.82) is 0 Å². The van der Waals surface area contributed by atoms with Gasteiger partial charge < -0.3 is 10.6 Å². The van der Waals surface area contributed by atoms with Gasteiger partial charge in [0.1, 0.15) is 0 Å². The molecule has 2 rings (SSSR count). The lowest BCUT2D eigenvalue weighted by molar-refractivity contribution is 0.0984. The summed E-state index contributed by atoms with van der Waals surface area (Å²) in [5.74, 6) is 0.0114. The van der Waals surface area contributed by atoms with Crippen LogP contribution in [0.1, 0.15) is 28.0 Å². The summed E-state index contributed by atoms with van der Waals surface area (Å²) in [5, 5.41) is 5.33. The largest absolute Gasteiger partial charge is 0.337 e. The molecule has 0 saturated carbocycles. The molecule has 0 aliphatic carbocycles. The highest BCUT2D eigenvalue weighted by atomic mass is 16.2. The average Bonchev–Trinajstić information content (AvgIpc) is 2.50. The first-order chi connectivity index (χ1) is 10.5. The summed E-state index contributed by atoms with van der Waals surface area (Å²) in [6.45, 7) is 4.14. The van der Waals surface area contributed by atoms with E-state index in [-0.39, 0.29) is 24.8 Å². The van der Waals surface area contributed by atoms with Gasteiger partial charge in [-0.3, -0.25) is 9.78 Å². The molecule has 22 heavy (non-hydrogen) atoms. The molecule has 1 heterocycles. The minimum Gasteiger partial charge on any atom is -0.337 e. The number of urea groups is 1. The van der Waals surface area contributed by atoms with Gasteiger partial charge in [-0.05, 0) is 26.0 Å². The van der Waals surface area contributed by atoms with Crippen molar-refractivity contribution in [2.24, 2.45) is 0 Å². The number of benzene rings is 1. The topological polar surface area (TPSA) is 71.1 Å². The minimum absolute atomic E-state index is 0.0114. The molecule has 0 aliphatic rings. The number of hydrogen-bond acceptors (Lipinski definition) is 3. The van der Waals surface area contributed by atoms with Gasteiger partial charge in [0.05, 0.1) is 11.9 Å². The van der Waals surface area contributed by atoms with E-state index in [1.165, 1.54) is 0 Å². The number of carbonyl (C=O) groups excluding carboxylic acids is 2. The van der Waals surface area contributed by atoms with Gasteiger partial charge in [-0.2, -0.15) is 0 Å². The maximum Gasteiger partial charge on any atom is 0.319 e. The summed E-state index contributed by atoms with van der Waals surface area (Å²) in [6.07, 6.45) is 1.86. The standard InChI is InChI=1S/C17H19N3O2/c1-12-3-6-14(7-4-12)16(21)9-10-18-17(22)20-15-8-5-13(2)19-11-15/h3-8,11H,9-10H2,1-2H3,(H2,18,20,22). The maximum absolute atomic E-state index is 12.0. The third-order valence-electron chi connectivity index (χ3n) is 3.18. The van der Waals surface area contributed by atoms with Crippen LogP contribution < -0.4 is 10.6 Å². The van der Waals surface area contributed by atoms with Crippen molar-refractivity contribution in [2.45, 2.75) is 20.3 Å². The molecule has 0 bridgehead atoms. The Bertz CT molecular complexity index is 649. The second kappa shape index (κ2) is 7.36. The lowest BCUT2D eigenvalue weighted by atomic mass is 10.1. The maximum atomic E-state index is 12.0. The molecule has 0 unspecified atom stereocenters. The summed E-state index contributed by atoms with van der Waals surface area (Å²) in [4.78, 5) is 27.7. The molecule has 1 aromatic carbocycles. The van der Waals surface area contributed by atoms with E-state index in [1.54, 1.807) is 24.4 Å². The van der Waals surface area contributed by atoms with E-state index in [9.17, 15) is 9.59 Å².